The standard InChI is InChI=1S/C13H27N3OS/c1-12(10-13-11-17-7-3-15-13)14-2-4-16-5-8-18-9-6-16/h12-15H,2-11H2,1H3. The largest absolute Gasteiger partial charge is 0.379 e. The number of hydrogen-bond acceptors (Lipinski definition) is 5. The minimum absolute atomic E-state index is 0.535. The smallest absolute Gasteiger partial charge is 0.0620 e. The van der Waals surface area contributed by atoms with Crippen molar-refractivity contribution >= 4 is 11.8 Å². The lowest BCUT2D eigenvalue weighted by atomic mass is 10.1. The molecule has 0 amide bonds. The van der Waals surface area contributed by atoms with Crippen molar-refractivity contribution in [1.29, 1.82) is 0 Å². The third-order valence-electron chi connectivity index (χ3n) is 3.66. The zero-order valence-corrected chi connectivity index (χ0v) is 12.3. The van der Waals surface area contributed by atoms with Crippen LogP contribution in [0.1, 0.15) is 13.3 Å². The van der Waals surface area contributed by atoms with Gasteiger partial charge >= 0.3 is 0 Å². The molecular formula is C13H27N3OS. The van der Waals surface area contributed by atoms with Gasteiger partial charge in [-0.3, -0.25) is 0 Å². The summed E-state index contributed by atoms with van der Waals surface area (Å²) in [5, 5.41) is 7.14. The molecule has 4 nitrogen and oxygen atoms in total. The molecule has 5 heteroatoms. The summed E-state index contributed by atoms with van der Waals surface area (Å²) >= 11 is 2.08. The van der Waals surface area contributed by atoms with Gasteiger partial charge in [0.1, 0.15) is 0 Å². The van der Waals surface area contributed by atoms with Gasteiger partial charge in [0, 0.05) is 56.3 Å². The van der Waals surface area contributed by atoms with Crippen molar-refractivity contribution in [1.82, 2.24) is 15.5 Å². The zero-order valence-electron chi connectivity index (χ0n) is 11.5. The van der Waals surface area contributed by atoms with Crippen LogP contribution in [0.4, 0.5) is 0 Å². The van der Waals surface area contributed by atoms with Gasteiger partial charge in [-0.25, -0.2) is 0 Å². The Hall–Kier alpha value is 0.190. The fraction of sp³-hybridized carbons (Fsp3) is 1.00. The number of hydrogen-bond donors (Lipinski definition) is 2. The zero-order chi connectivity index (χ0) is 12.6. The van der Waals surface area contributed by atoms with Crippen LogP contribution in [0.5, 0.6) is 0 Å². The third-order valence-corrected chi connectivity index (χ3v) is 4.60. The minimum atomic E-state index is 0.535. The summed E-state index contributed by atoms with van der Waals surface area (Å²) < 4.78 is 5.48. The molecule has 0 aliphatic carbocycles. The molecule has 0 aromatic rings. The van der Waals surface area contributed by atoms with Crippen LogP contribution in [0.3, 0.4) is 0 Å². The van der Waals surface area contributed by atoms with Crippen LogP contribution in [0.2, 0.25) is 0 Å². The summed E-state index contributed by atoms with van der Waals surface area (Å²) in [5.41, 5.74) is 0. The predicted molar refractivity (Wildman–Crippen MR) is 78.5 cm³/mol. The molecule has 2 heterocycles. The molecule has 2 atom stereocenters. The number of thioether (sulfide) groups is 1. The fourth-order valence-electron chi connectivity index (χ4n) is 2.58. The van der Waals surface area contributed by atoms with Gasteiger partial charge in [0.2, 0.25) is 0 Å². The maximum Gasteiger partial charge on any atom is 0.0620 e. The summed E-state index contributed by atoms with van der Waals surface area (Å²) in [7, 11) is 0. The van der Waals surface area contributed by atoms with E-state index in [1.807, 2.05) is 0 Å². The first kappa shape index (κ1) is 14.6. The molecule has 18 heavy (non-hydrogen) atoms. The average Bonchev–Trinajstić information content (AvgIpc) is 2.41. The van der Waals surface area contributed by atoms with E-state index in [-0.39, 0.29) is 0 Å². The lowest BCUT2D eigenvalue weighted by Gasteiger charge is -2.29. The molecule has 0 aromatic heterocycles. The van der Waals surface area contributed by atoms with E-state index >= 15 is 0 Å². The summed E-state index contributed by atoms with van der Waals surface area (Å²) in [4.78, 5) is 2.57. The normalized spacial score (nSPS) is 28.2. The van der Waals surface area contributed by atoms with E-state index in [0.29, 0.717) is 12.1 Å². The highest BCUT2D eigenvalue weighted by atomic mass is 32.2. The molecule has 0 saturated carbocycles. The number of ether oxygens (including phenoxy) is 1. The van der Waals surface area contributed by atoms with E-state index in [0.717, 1.165) is 32.7 Å². The predicted octanol–water partition coefficient (Wildman–Crippen LogP) is 0.392. The van der Waals surface area contributed by atoms with E-state index in [1.54, 1.807) is 0 Å². The van der Waals surface area contributed by atoms with E-state index in [4.69, 9.17) is 4.74 Å². The molecule has 2 aliphatic rings. The maximum absolute atomic E-state index is 5.48. The molecule has 2 rings (SSSR count). The number of nitrogens with zero attached hydrogens (tertiary/aromatic N) is 1. The quantitative estimate of drug-likeness (QED) is 0.732. The van der Waals surface area contributed by atoms with Crippen molar-refractivity contribution < 1.29 is 4.74 Å². The van der Waals surface area contributed by atoms with Gasteiger partial charge in [-0.15, -0.1) is 0 Å². The third kappa shape index (κ3) is 5.45. The average molecular weight is 273 g/mol. The van der Waals surface area contributed by atoms with Crippen LogP contribution in [0.15, 0.2) is 0 Å². The Bertz CT molecular complexity index is 218. The Kier molecular flexibility index (Phi) is 6.79. The van der Waals surface area contributed by atoms with Crippen molar-refractivity contribution in [3.63, 3.8) is 0 Å². The Morgan fingerprint density at radius 3 is 3.00 bits per heavy atom. The van der Waals surface area contributed by atoms with Crippen LogP contribution in [0.25, 0.3) is 0 Å². The van der Waals surface area contributed by atoms with Gasteiger partial charge in [0.05, 0.1) is 13.2 Å². The highest BCUT2D eigenvalue weighted by Crippen LogP contribution is 2.08. The molecule has 2 N–H and O–H groups in total. The van der Waals surface area contributed by atoms with E-state index < -0.39 is 0 Å². The molecule has 2 aliphatic heterocycles. The molecular weight excluding hydrogens is 246 g/mol. The first-order valence-corrected chi connectivity index (χ1v) is 8.34. The number of nitrogens with one attached hydrogen (secondary N) is 2. The second kappa shape index (κ2) is 8.38. The fourth-order valence-corrected chi connectivity index (χ4v) is 3.55. The maximum atomic E-state index is 5.48. The van der Waals surface area contributed by atoms with Crippen LogP contribution in [0, 0.1) is 0 Å². The summed E-state index contributed by atoms with van der Waals surface area (Å²) in [5.74, 6) is 2.61. The van der Waals surface area contributed by atoms with Crippen LogP contribution >= 0.6 is 11.8 Å². The molecule has 2 unspecified atom stereocenters. The van der Waals surface area contributed by atoms with Crippen LogP contribution in [-0.2, 0) is 4.74 Å². The highest BCUT2D eigenvalue weighted by molar-refractivity contribution is 7.99. The van der Waals surface area contributed by atoms with Gasteiger partial charge in [-0.2, -0.15) is 11.8 Å². The van der Waals surface area contributed by atoms with E-state index in [2.05, 4.69) is 34.2 Å². The van der Waals surface area contributed by atoms with Gasteiger partial charge in [-0.1, -0.05) is 0 Å². The van der Waals surface area contributed by atoms with Crippen molar-refractivity contribution in [2.24, 2.45) is 0 Å². The molecule has 0 spiro atoms. The monoisotopic (exact) mass is 273 g/mol. The molecule has 106 valence electrons. The first-order chi connectivity index (χ1) is 8.84. The Morgan fingerprint density at radius 1 is 1.44 bits per heavy atom. The Balaban J connectivity index is 1.52. The van der Waals surface area contributed by atoms with Crippen molar-refractivity contribution in [2.45, 2.75) is 25.4 Å². The molecule has 2 fully saturated rings. The number of rotatable bonds is 6. The van der Waals surface area contributed by atoms with Crippen molar-refractivity contribution in [3.05, 3.63) is 0 Å². The Morgan fingerprint density at radius 2 is 2.28 bits per heavy atom. The highest BCUT2D eigenvalue weighted by Gasteiger charge is 2.16. The molecule has 2 saturated heterocycles. The SMILES string of the molecule is CC(CC1COCCN1)NCCN1CCSCC1. The Labute approximate surface area is 115 Å². The second-order valence-electron chi connectivity index (χ2n) is 5.27. The van der Waals surface area contributed by atoms with E-state index in [1.165, 1.54) is 31.1 Å². The molecule has 0 radical (unpaired) electrons. The van der Waals surface area contributed by atoms with Crippen LogP contribution in [-0.4, -0.2) is 74.4 Å². The second-order valence-corrected chi connectivity index (χ2v) is 6.50. The van der Waals surface area contributed by atoms with Gasteiger partial charge in [0.15, 0.2) is 0 Å². The first-order valence-electron chi connectivity index (χ1n) is 7.19. The van der Waals surface area contributed by atoms with Crippen molar-refractivity contribution in [2.75, 3.05) is 57.4 Å². The van der Waals surface area contributed by atoms with Gasteiger partial charge in [0.25, 0.3) is 0 Å². The lowest BCUT2D eigenvalue weighted by molar-refractivity contribution is 0.0711. The lowest BCUT2D eigenvalue weighted by Crippen LogP contribution is -2.46. The molecule has 0 aromatic carbocycles. The summed E-state index contributed by atoms with van der Waals surface area (Å²) in [6, 6.07) is 1.11. The molecule has 0 bridgehead atoms. The van der Waals surface area contributed by atoms with Crippen molar-refractivity contribution in [3.8, 4) is 0 Å². The van der Waals surface area contributed by atoms with E-state index in [9.17, 15) is 0 Å². The minimum Gasteiger partial charge on any atom is -0.379 e. The van der Waals surface area contributed by atoms with Crippen LogP contribution < -0.4 is 10.6 Å². The van der Waals surface area contributed by atoms with Gasteiger partial charge < -0.3 is 20.3 Å². The summed E-state index contributed by atoms with van der Waals surface area (Å²) in [6.07, 6.45) is 1.16. The summed E-state index contributed by atoms with van der Waals surface area (Å²) in [6.45, 7) is 9.85. The topological polar surface area (TPSA) is 36.5 Å². The van der Waals surface area contributed by atoms with Gasteiger partial charge in [-0.05, 0) is 13.3 Å². The number of morpholine rings is 1.